The van der Waals surface area contributed by atoms with E-state index in [0.717, 1.165) is 35.5 Å². The van der Waals surface area contributed by atoms with Crippen LogP contribution in [0.25, 0.3) is 6.08 Å². The van der Waals surface area contributed by atoms with Crippen LogP contribution >= 0.6 is 0 Å². The van der Waals surface area contributed by atoms with Crippen molar-refractivity contribution in [3.63, 3.8) is 0 Å². The van der Waals surface area contributed by atoms with E-state index in [1.165, 1.54) is 11.7 Å². The van der Waals surface area contributed by atoms with Crippen molar-refractivity contribution >= 4 is 15.9 Å². The van der Waals surface area contributed by atoms with Gasteiger partial charge in [0.2, 0.25) is 0 Å². The van der Waals surface area contributed by atoms with Crippen molar-refractivity contribution in [2.75, 3.05) is 6.26 Å². The van der Waals surface area contributed by atoms with E-state index in [9.17, 15) is 8.42 Å². The highest BCUT2D eigenvalue weighted by molar-refractivity contribution is 7.93. The van der Waals surface area contributed by atoms with Gasteiger partial charge in [-0.1, -0.05) is 6.92 Å². The summed E-state index contributed by atoms with van der Waals surface area (Å²) < 4.78 is 28.3. The number of rotatable bonds is 6. The van der Waals surface area contributed by atoms with Crippen LogP contribution in [0.5, 0.6) is 0 Å². The number of aryl methyl sites for hydroxylation is 1. The number of nitrogens with zero attached hydrogens (tertiary/aromatic N) is 1. The molecule has 4 nitrogen and oxygen atoms in total. The number of unbranched alkanes of at least 4 members (excludes halogenated alkanes) is 1. The number of furan rings is 1. The number of hydrogen-bond donors (Lipinski definition) is 0. The lowest BCUT2D eigenvalue weighted by atomic mass is 9.97. The van der Waals surface area contributed by atoms with Gasteiger partial charge < -0.3 is 4.42 Å². The van der Waals surface area contributed by atoms with Crippen molar-refractivity contribution in [2.45, 2.75) is 46.0 Å². The lowest BCUT2D eigenvalue weighted by Crippen LogP contribution is -1.95. The van der Waals surface area contributed by atoms with E-state index in [4.69, 9.17) is 9.68 Å². The van der Waals surface area contributed by atoms with E-state index < -0.39 is 9.84 Å². The average molecular weight is 295 g/mol. The number of sulfone groups is 1. The molecule has 1 aromatic rings. The van der Waals surface area contributed by atoms with Gasteiger partial charge in [-0.15, -0.1) is 0 Å². The summed E-state index contributed by atoms with van der Waals surface area (Å²) in [5.41, 5.74) is 1.81. The Kier molecular flexibility index (Phi) is 5.58. The summed E-state index contributed by atoms with van der Waals surface area (Å²) in [6.45, 7) is 5.83. The van der Waals surface area contributed by atoms with Gasteiger partial charge >= 0.3 is 0 Å². The topological polar surface area (TPSA) is 71.1 Å². The Morgan fingerprint density at radius 1 is 1.40 bits per heavy atom. The van der Waals surface area contributed by atoms with Gasteiger partial charge in [0, 0.05) is 29.6 Å². The van der Waals surface area contributed by atoms with E-state index in [0.29, 0.717) is 6.42 Å². The van der Waals surface area contributed by atoms with Gasteiger partial charge in [0.15, 0.2) is 9.84 Å². The second-order valence-corrected chi connectivity index (χ2v) is 7.08. The molecule has 0 fully saturated rings. The molecule has 0 aliphatic heterocycles. The predicted octanol–water partition coefficient (Wildman–Crippen LogP) is 3.71. The van der Waals surface area contributed by atoms with E-state index >= 15 is 0 Å². The van der Waals surface area contributed by atoms with Crippen LogP contribution in [0.1, 0.15) is 54.8 Å². The third-order valence-electron chi connectivity index (χ3n) is 3.32. The molecular formula is C15H21NO3S. The third kappa shape index (κ3) is 4.53. The van der Waals surface area contributed by atoms with E-state index in [-0.39, 0.29) is 5.92 Å². The first-order valence-electron chi connectivity index (χ1n) is 6.61. The predicted molar refractivity (Wildman–Crippen MR) is 79.9 cm³/mol. The third-order valence-corrected chi connectivity index (χ3v) is 3.95. The van der Waals surface area contributed by atoms with Crippen LogP contribution in [0.4, 0.5) is 0 Å². The van der Waals surface area contributed by atoms with Gasteiger partial charge in [-0.2, -0.15) is 5.26 Å². The molecular weight excluding hydrogens is 274 g/mol. The second-order valence-electron chi connectivity index (χ2n) is 5.14. The van der Waals surface area contributed by atoms with Gasteiger partial charge in [-0.25, -0.2) is 8.42 Å². The largest absolute Gasteiger partial charge is 0.465 e. The Labute approximate surface area is 121 Å². The molecule has 110 valence electrons. The molecule has 0 spiro atoms. The summed E-state index contributed by atoms with van der Waals surface area (Å²) in [6, 6.07) is 2.13. The smallest absolute Gasteiger partial charge is 0.168 e. The fraction of sp³-hybridized carbons (Fsp3) is 0.533. The van der Waals surface area contributed by atoms with Gasteiger partial charge in [0.1, 0.15) is 11.5 Å². The Hall–Kier alpha value is -1.54. The second kappa shape index (κ2) is 6.76. The molecule has 1 rings (SSSR count). The molecule has 0 radical (unpaired) electrons. The van der Waals surface area contributed by atoms with Gasteiger partial charge in [-0.3, -0.25) is 0 Å². The van der Waals surface area contributed by atoms with Crippen molar-refractivity contribution in [3.8, 4) is 6.07 Å². The Morgan fingerprint density at radius 3 is 2.60 bits per heavy atom. The van der Waals surface area contributed by atoms with Gasteiger partial charge in [-0.05, 0) is 38.3 Å². The zero-order valence-corrected chi connectivity index (χ0v) is 13.3. The number of nitriles is 1. The molecule has 20 heavy (non-hydrogen) atoms. The minimum absolute atomic E-state index is 0.162. The minimum Gasteiger partial charge on any atom is -0.465 e. The maximum Gasteiger partial charge on any atom is 0.168 e. The van der Waals surface area contributed by atoms with Gasteiger partial charge in [0.05, 0.1) is 6.07 Å². The number of hydrogen-bond acceptors (Lipinski definition) is 4. The molecule has 0 saturated carbocycles. The van der Waals surface area contributed by atoms with Crippen LogP contribution < -0.4 is 0 Å². The Morgan fingerprint density at radius 2 is 2.05 bits per heavy atom. The summed E-state index contributed by atoms with van der Waals surface area (Å²) in [7, 11) is -3.16. The normalized spacial score (nSPS) is 13.6. The quantitative estimate of drug-likeness (QED) is 0.750. The molecule has 5 heteroatoms. The summed E-state index contributed by atoms with van der Waals surface area (Å²) in [5.74, 6) is 1.77. The molecule has 0 bridgehead atoms. The first-order chi connectivity index (χ1) is 9.26. The molecule has 1 aromatic heterocycles. The Bertz CT molecular complexity index is 633. The summed E-state index contributed by atoms with van der Waals surface area (Å²) in [4.78, 5) is 0. The van der Waals surface area contributed by atoms with Crippen molar-refractivity contribution in [2.24, 2.45) is 0 Å². The molecule has 0 aromatic carbocycles. The molecule has 0 amide bonds. The lowest BCUT2D eigenvalue weighted by molar-refractivity contribution is 0.437. The first-order valence-corrected chi connectivity index (χ1v) is 8.56. The van der Waals surface area contributed by atoms with Crippen molar-refractivity contribution in [3.05, 3.63) is 28.1 Å². The van der Waals surface area contributed by atoms with Crippen LogP contribution in [0, 0.1) is 25.2 Å². The molecule has 0 aliphatic rings. The van der Waals surface area contributed by atoms with Crippen LogP contribution in [0.2, 0.25) is 0 Å². The molecule has 0 aliphatic carbocycles. The van der Waals surface area contributed by atoms with Crippen molar-refractivity contribution in [1.82, 2.24) is 0 Å². The highest BCUT2D eigenvalue weighted by atomic mass is 32.2. The fourth-order valence-corrected chi connectivity index (χ4v) is 2.44. The van der Waals surface area contributed by atoms with E-state index in [2.05, 4.69) is 6.07 Å². The molecule has 1 heterocycles. The molecule has 0 saturated heterocycles. The Balaban J connectivity index is 3.05. The van der Waals surface area contributed by atoms with E-state index in [1.54, 1.807) is 6.08 Å². The summed E-state index contributed by atoms with van der Waals surface area (Å²) in [6.07, 6.45) is 4.96. The monoisotopic (exact) mass is 295 g/mol. The maximum atomic E-state index is 11.3. The highest BCUT2D eigenvalue weighted by Crippen LogP contribution is 2.32. The zero-order chi connectivity index (χ0) is 15.3. The van der Waals surface area contributed by atoms with Crippen LogP contribution in [0.3, 0.4) is 0 Å². The van der Waals surface area contributed by atoms with Crippen LogP contribution in [-0.4, -0.2) is 14.7 Å². The molecule has 1 unspecified atom stereocenters. The SMILES string of the molecule is Cc1oc(C(C)CCCC#N)c(/C=C/S(C)(=O)=O)c1C. The van der Waals surface area contributed by atoms with Crippen LogP contribution in [-0.2, 0) is 9.84 Å². The van der Waals surface area contributed by atoms with Crippen LogP contribution in [0.15, 0.2) is 9.83 Å². The molecule has 1 atom stereocenters. The van der Waals surface area contributed by atoms with Gasteiger partial charge in [0.25, 0.3) is 0 Å². The minimum atomic E-state index is -3.16. The zero-order valence-electron chi connectivity index (χ0n) is 12.4. The summed E-state index contributed by atoms with van der Waals surface area (Å²) >= 11 is 0. The molecule has 0 N–H and O–H groups in total. The first kappa shape index (κ1) is 16.5. The lowest BCUT2D eigenvalue weighted by Gasteiger charge is -2.08. The standard InChI is InChI=1S/C15H21NO3S/c1-11(7-5-6-9-16)15-14(8-10-20(4,17)18)12(2)13(3)19-15/h8,10-11H,5-7H2,1-4H3/b10-8+. The van der Waals surface area contributed by atoms with Crippen molar-refractivity contribution in [1.29, 1.82) is 5.26 Å². The fourth-order valence-electron chi connectivity index (χ4n) is 2.05. The average Bonchev–Trinajstić information content (AvgIpc) is 2.63. The maximum absolute atomic E-state index is 11.3. The highest BCUT2D eigenvalue weighted by Gasteiger charge is 2.18. The van der Waals surface area contributed by atoms with Crippen molar-refractivity contribution < 1.29 is 12.8 Å². The van der Waals surface area contributed by atoms with E-state index in [1.807, 2.05) is 20.8 Å². The summed E-state index contributed by atoms with van der Waals surface area (Å²) in [5, 5.41) is 9.78.